The summed E-state index contributed by atoms with van der Waals surface area (Å²) >= 11 is 0. The molecule has 0 aromatic carbocycles. The first-order chi connectivity index (χ1) is 7.31. The van der Waals surface area contributed by atoms with Gasteiger partial charge in [0.1, 0.15) is 6.61 Å². The third-order valence-electron chi connectivity index (χ3n) is 3.09. The molecule has 0 aliphatic carbocycles. The van der Waals surface area contributed by atoms with E-state index >= 15 is 0 Å². The number of carbonyl (C=O) groups is 1. The molecule has 2 heterocycles. The topological polar surface area (TPSA) is 67.6 Å². The number of carbonyl (C=O) groups excluding carboxylic acids is 1. The Balaban J connectivity index is 1.95. The number of hydrogen-bond donors (Lipinski definition) is 2. The second-order valence-corrected chi connectivity index (χ2v) is 4.18. The summed E-state index contributed by atoms with van der Waals surface area (Å²) in [7, 11) is 0. The van der Waals surface area contributed by atoms with Gasteiger partial charge in [0.2, 0.25) is 5.91 Å². The van der Waals surface area contributed by atoms with E-state index in [1.165, 1.54) is 12.8 Å². The van der Waals surface area contributed by atoms with Crippen LogP contribution in [0.2, 0.25) is 0 Å². The number of rotatable bonds is 2. The second kappa shape index (κ2) is 4.92. The molecule has 86 valence electrons. The highest BCUT2D eigenvalue weighted by molar-refractivity contribution is 5.78. The molecule has 0 saturated carbocycles. The van der Waals surface area contributed by atoms with Crippen molar-refractivity contribution in [1.82, 2.24) is 10.2 Å². The minimum Gasteiger partial charge on any atom is -0.365 e. The summed E-state index contributed by atoms with van der Waals surface area (Å²) < 4.78 is 5.32. The first kappa shape index (κ1) is 10.9. The zero-order chi connectivity index (χ0) is 10.7. The summed E-state index contributed by atoms with van der Waals surface area (Å²) in [5.41, 5.74) is 5.56. The zero-order valence-electron chi connectivity index (χ0n) is 8.95. The summed E-state index contributed by atoms with van der Waals surface area (Å²) in [6, 6.07) is 0. The minimum absolute atomic E-state index is 0.00595. The fourth-order valence-corrected chi connectivity index (χ4v) is 2.19. The van der Waals surface area contributed by atoms with Crippen LogP contribution in [-0.4, -0.2) is 49.3 Å². The van der Waals surface area contributed by atoms with Crippen LogP contribution in [0.3, 0.4) is 0 Å². The smallest absolute Gasteiger partial charge is 0.249 e. The van der Waals surface area contributed by atoms with Gasteiger partial charge < -0.3 is 15.4 Å². The molecule has 2 rings (SSSR count). The van der Waals surface area contributed by atoms with Gasteiger partial charge in [-0.2, -0.15) is 0 Å². The highest BCUT2D eigenvalue weighted by Crippen LogP contribution is 2.15. The van der Waals surface area contributed by atoms with E-state index in [-0.39, 0.29) is 24.8 Å². The van der Waals surface area contributed by atoms with Crippen LogP contribution in [-0.2, 0) is 9.53 Å². The maximum Gasteiger partial charge on any atom is 0.249 e. The highest BCUT2D eigenvalue weighted by atomic mass is 16.5. The number of ether oxygens (including phenoxy) is 1. The Morgan fingerprint density at radius 1 is 1.53 bits per heavy atom. The van der Waals surface area contributed by atoms with Gasteiger partial charge in [0.05, 0.1) is 12.3 Å². The lowest BCUT2D eigenvalue weighted by Gasteiger charge is -2.39. The molecule has 5 nitrogen and oxygen atoms in total. The molecule has 0 aromatic heterocycles. The Labute approximate surface area is 89.9 Å². The Bertz CT molecular complexity index is 229. The van der Waals surface area contributed by atoms with Crippen LogP contribution in [0, 0.1) is 0 Å². The van der Waals surface area contributed by atoms with Gasteiger partial charge in [-0.15, -0.1) is 0 Å². The molecule has 0 bridgehead atoms. The van der Waals surface area contributed by atoms with Gasteiger partial charge in [0.25, 0.3) is 0 Å². The first-order valence-corrected chi connectivity index (χ1v) is 5.66. The number of nitrogens with two attached hydrogens (primary N) is 1. The van der Waals surface area contributed by atoms with Crippen molar-refractivity contribution < 1.29 is 9.53 Å². The third kappa shape index (κ3) is 2.48. The van der Waals surface area contributed by atoms with Crippen molar-refractivity contribution in [2.45, 2.75) is 31.5 Å². The Morgan fingerprint density at radius 2 is 2.40 bits per heavy atom. The van der Waals surface area contributed by atoms with E-state index in [2.05, 4.69) is 5.32 Å². The van der Waals surface area contributed by atoms with Crippen LogP contribution in [0.25, 0.3) is 0 Å². The first-order valence-electron chi connectivity index (χ1n) is 5.66. The standard InChI is InChI=1S/C10H19N3O2/c11-5-8-6-13(10(14)7-15-8)9-3-1-2-4-12-9/h8-9,12H,1-7,11H2. The maximum absolute atomic E-state index is 11.7. The maximum atomic E-state index is 11.7. The molecular formula is C10H19N3O2. The van der Waals surface area contributed by atoms with E-state index in [9.17, 15) is 4.79 Å². The van der Waals surface area contributed by atoms with E-state index in [1.807, 2.05) is 4.90 Å². The van der Waals surface area contributed by atoms with E-state index in [4.69, 9.17) is 10.5 Å². The van der Waals surface area contributed by atoms with Crippen LogP contribution in [0.1, 0.15) is 19.3 Å². The lowest BCUT2D eigenvalue weighted by molar-refractivity contribution is -0.153. The number of hydrogen-bond acceptors (Lipinski definition) is 4. The van der Waals surface area contributed by atoms with Gasteiger partial charge in [-0.3, -0.25) is 10.1 Å². The number of nitrogens with one attached hydrogen (secondary N) is 1. The monoisotopic (exact) mass is 213 g/mol. The average Bonchev–Trinajstić information content (AvgIpc) is 2.31. The quantitative estimate of drug-likeness (QED) is 0.635. The Morgan fingerprint density at radius 3 is 3.07 bits per heavy atom. The van der Waals surface area contributed by atoms with Crippen molar-refractivity contribution in [3.05, 3.63) is 0 Å². The molecule has 2 atom stereocenters. The zero-order valence-corrected chi connectivity index (χ0v) is 8.95. The largest absolute Gasteiger partial charge is 0.365 e. The van der Waals surface area contributed by atoms with Crippen LogP contribution < -0.4 is 11.1 Å². The fraction of sp³-hybridized carbons (Fsp3) is 0.900. The summed E-state index contributed by atoms with van der Waals surface area (Å²) in [6.07, 6.45) is 3.64. The van der Waals surface area contributed by atoms with Gasteiger partial charge in [0.15, 0.2) is 0 Å². The summed E-state index contributed by atoms with van der Waals surface area (Å²) in [5.74, 6) is 0.0825. The number of amides is 1. The van der Waals surface area contributed by atoms with E-state index in [0.717, 1.165) is 13.0 Å². The van der Waals surface area contributed by atoms with Gasteiger partial charge in [-0.1, -0.05) is 0 Å². The van der Waals surface area contributed by atoms with Crippen LogP contribution >= 0.6 is 0 Å². The van der Waals surface area contributed by atoms with E-state index < -0.39 is 0 Å². The van der Waals surface area contributed by atoms with Crippen molar-refractivity contribution in [3.63, 3.8) is 0 Å². The van der Waals surface area contributed by atoms with Crippen molar-refractivity contribution in [1.29, 1.82) is 0 Å². The number of piperidine rings is 1. The molecule has 2 aliphatic heterocycles. The van der Waals surface area contributed by atoms with Crippen molar-refractivity contribution in [2.24, 2.45) is 5.73 Å². The molecule has 0 aromatic rings. The normalized spacial score (nSPS) is 33.1. The van der Waals surface area contributed by atoms with Crippen molar-refractivity contribution in [2.75, 3.05) is 26.2 Å². The van der Waals surface area contributed by atoms with Gasteiger partial charge in [-0.05, 0) is 25.8 Å². The Hall–Kier alpha value is -0.650. The molecule has 0 radical (unpaired) electrons. The molecule has 2 fully saturated rings. The molecule has 2 saturated heterocycles. The average molecular weight is 213 g/mol. The molecule has 3 N–H and O–H groups in total. The van der Waals surface area contributed by atoms with Crippen LogP contribution in [0.15, 0.2) is 0 Å². The minimum atomic E-state index is 0.00595. The molecule has 15 heavy (non-hydrogen) atoms. The lowest BCUT2D eigenvalue weighted by Crippen LogP contribution is -2.58. The molecule has 5 heteroatoms. The number of nitrogens with zero attached hydrogens (tertiary/aromatic N) is 1. The van der Waals surface area contributed by atoms with Gasteiger partial charge in [0, 0.05) is 13.1 Å². The predicted octanol–water partition coefficient (Wildman–Crippen LogP) is -0.728. The molecule has 2 aliphatic rings. The summed E-state index contributed by atoms with van der Waals surface area (Å²) in [5, 5.41) is 3.37. The van der Waals surface area contributed by atoms with Gasteiger partial charge in [-0.25, -0.2) is 0 Å². The number of morpholine rings is 1. The van der Waals surface area contributed by atoms with Crippen molar-refractivity contribution >= 4 is 5.91 Å². The van der Waals surface area contributed by atoms with Crippen LogP contribution in [0.5, 0.6) is 0 Å². The molecular weight excluding hydrogens is 194 g/mol. The van der Waals surface area contributed by atoms with Crippen LogP contribution in [0.4, 0.5) is 0 Å². The highest BCUT2D eigenvalue weighted by Gasteiger charge is 2.31. The fourth-order valence-electron chi connectivity index (χ4n) is 2.19. The SMILES string of the molecule is NCC1CN(C2CCCCN2)C(=O)CO1. The summed E-state index contributed by atoms with van der Waals surface area (Å²) in [6.45, 7) is 2.30. The Kier molecular flexibility index (Phi) is 3.56. The second-order valence-electron chi connectivity index (χ2n) is 4.18. The lowest BCUT2D eigenvalue weighted by atomic mass is 10.1. The van der Waals surface area contributed by atoms with Gasteiger partial charge >= 0.3 is 0 Å². The van der Waals surface area contributed by atoms with E-state index in [1.54, 1.807) is 0 Å². The molecule has 1 amide bonds. The third-order valence-corrected chi connectivity index (χ3v) is 3.09. The molecule has 2 unspecified atom stereocenters. The predicted molar refractivity (Wildman–Crippen MR) is 56.1 cm³/mol. The molecule has 0 spiro atoms. The summed E-state index contributed by atoms with van der Waals surface area (Å²) in [4.78, 5) is 13.6. The van der Waals surface area contributed by atoms with Crippen molar-refractivity contribution in [3.8, 4) is 0 Å². The van der Waals surface area contributed by atoms with E-state index in [0.29, 0.717) is 13.1 Å².